The number of rotatable bonds is 9. The van der Waals surface area contributed by atoms with E-state index in [-0.39, 0.29) is 30.4 Å². The first kappa shape index (κ1) is 28.5. The van der Waals surface area contributed by atoms with E-state index in [1.54, 1.807) is 36.7 Å². The second kappa shape index (κ2) is 11.2. The number of aliphatic hydroxyl groups is 1. The molecule has 0 radical (unpaired) electrons. The van der Waals surface area contributed by atoms with Crippen LogP contribution in [0, 0.1) is 17.7 Å². The van der Waals surface area contributed by atoms with Crippen molar-refractivity contribution in [3.05, 3.63) is 83.0 Å². The molecule has 11 heteroatoms. The maximum Gasteiger partial charge on any atom is 0.323 e. The maximum absolute atomic E-state index is 15.2. The van der Waals surface area contributed by atoms with E-state index in [9.17, 15) is 14.7 Å². The van der Waals surface area contributed by atoms with Crippen LogP contribution in [0.2, 0.25) is 5.02 Å². The Labute approximate surface area is 248 Å². The van der Waals surface area contributed by atoms with Crippen molar-refractivity contribution in [2.75, 3.05) is 17.2 Å². The lowest BCUT2D eigenvalue weighted by atomic mass is 9.79. The van der Waals surface area contributed by atoms with Gasteiger partial charge in [0.1, 0.15) is 17.7 Å². The number of nitrogens with zero attached hydrogens (tertiary/aromatic N) is 3. The second-order valence-electron chi connectivity index (χ2n) is 11.9. The van der Waals surface area contributed by atoms with Gasteiger partial charge in [-0.1, -0.05) is 30.5 Å². The van der Waals surface area contributed by atoms with Crippen LogP contribution in [0.15, 0.2) is 61.1 Å². The van der Waals surface area contributed by atoms with Gasteiger partial charge in [0.05, 0.1) is 28.4 Å². The van der Waals surface area contributed by atoms with Gasteiger partial charge >= 0.3 is 6.03 Å². The first-order valence-electron chi connectivity index (χ1n) is 14.4. The molecule has 3 heterocycles. The molecule has 0 bridgehead atoms. The highest BCUT2D eigenvalue weighted by molar-refractivity contribution is 6.30. The Morgan fingerprint density at radius 2 is 1.86 bits per heavy atom. The topological polar surface area (TPSA) is 133 Å². The Morgan fingerprint density at radius 3 is 2.52 bits per heavy atom. The van der Waals surface area contributed by atoms with Crippen molar-refractivity contribution in [1.82, 2.24) is 14.9 Å². The fourth-order valence-electron chi connectivity index (χ4n) is 5.97. The summed E-state index contributed by atoms with van der Waals surface area (Å²) in [7, 11) is 0. The summed E-state index contributed by atoms with van der Waals surface area (Å²) in [5.41, 5.74) is 6.41. The maximum atomic E-state index is 15.2. The zero-order valence-corrected chi connectivity index (χ0v) is 23.9. The summed E-state index contributed by atoms with van der Waals surface area (Å²) in [6.45, 7) is -0.0210. The van der Waals surface area contributed by atoms with Gasteiger partial charge in [-0.3, -0.25) is 15.1 Å². The fraction of sp³-hybridized carbons (Fsp3) is 0.419. The van der Waals surface area contributed by atoms with Crippen LogP contribution in [-0.2, 0) is 10.3 Å². The summed E-state index contributed by atoms with van der Waals surface area (Å²) in [4.78, 5) is 36.5. The molecule has 2 saturated carbocycles. The van der Waals surface area contributed by atoms with E-state index in [0.29, 0.717) is 22.9 Å². The number of benzene rings is 1. The summed E-state index contributed by atoms with van der Waals surface area (Å²) < 4.78 is 15.2. The van der Waals surface area contributed by atoms with Crippen LogP contribution in [0.3, 0.4) is 0 Å². The van der Waals surface area contributed by atoms with Gasteiger partial charge in [-0.25, -0.2) is 14.2 Å². The predicted molar refractivity (Wildman–Crippen MR) is 157 cm³/mol. The number of hydrogen-bond donors (Lipinski definition) is 4. The molecule has 3 aliphatic rings. The van der Waals surface area contributed by atoms with Crippen molar-refractivity contribution < 1.29 is 19.1 Å². The summed E-state index contributed by atoms with van der Waals surface area (Å²) >= 11 is 5.90. The largest absolute Gasteiger partial charge is 0.388 e. The zero-order valence-electron chi connectivity index (χ0n) is 23.1. The molecule has 6 rings (SSSR count). The number of hydrogen-bond acceptors (Lipinski definition) is 6. The zero-order chi connectivity index (χ0) is 29.5. The van der Waals surface area contributed by atoms with Crippen LogP contribution in [-0.4, -0.2) is 50.1 Å². The van der Waals surface area contributed by atoms with Crippen molar-refractivity contribution in [2.45, 2.75) is 62.1 Å². The number of pyridine rings is 2. The molecule has 5 N–H and O–H groups in total. The Bertz CT molecular complexity index is 1470. The summed E-state index contributed by atoms with van der Waals surface area (Å²) in [6, 6.07) is 9.76. The Hall–Kier alpha value is -3.60. The molecule has 3 atom stereocenters. The third kappa shape index (κ3) is 5.97. The minimum absolute atomic E-state index is 0.00371. The van der Waals surface area contributed by atoms with Crippen LogP contribution < -0.4 is 16.4 Å². The van der Waals surface area contributed by atoms with Crippen LogP contribution in [0.25, 0.3) is 0 Å². The quantitative estimate of drug-likeness (QED) is 0.275. The molecule has 2 aromatic heterocycles. The molecule has 2 aliphatic carbocycles. The predicted octanol–water partition coefficient (Wildman–Crippen LogP) is 5.05. The van der Waals surface area contributed by atoms with Gasteiger partial charge in [-0.2, -0.15) is 0 Å². The number of likely N-dealkylation sites (tertiary alicyclic amines) is 1. The number of nitrogens with one attached hydrogen (secondary N) is 2. The molecule has 3 fully saturated rings. The number of nitrogens with two attached hydrogens (primary N) is 1. The minimum atomic E-state index is -1.20. The third-order valence-electron chi connectivity index (χ3n) is 8.81. The first-order chi connectivity index (χ1) is 20.1. The lowest BCUT2D eigenvalue weighted by molar-refractivity contribution is -0.119. The van der Waals surface area contributed by atoms with Gasteiger partial charge < -0.3 is 21.1 Å². The van der Waals surface area contributed by atoms with Crippen LogP contribution in [0.4, 0.5) is 20.7 Å². The average Bonchev–Trinajstić information content (AvgIpc) is 3.92. The Kier molecular flexibility index (Phi) is 7.63. The third-order valence-corrected chi connectivity index (χ3v) is 9.03. The van der Waals surface area contributed by atoms with Crippen molar-refractivity contribution in [3.63, 3.8) is 0 Å². The van der Waals surface area contributed by atoms with Crippen molar-refractivity contribution in [1.29, 1.82) is 0 Å². The Balaban J connectivity index is 1.25. The smallest absolute Gasteiger partial charge is 0.323 e. The van der Waals surface area contributed by atoms with E-state index in [2.05, 4.69) is 20.6 Å². The van der Waals surface area contributed by atoms with Crippen molar-refractivity contribution >= 4 is 35.0 Å². The van der Waals surface area contributed by atoms with Crippen molar-refractivity contribution in [2.24, 2.45) is 17.6 Å². The first-order valence-corrected chi connectivity index (χ1v) is 14.7. The highest BCUT2D eigenvalue weighted by Gasteiger charge is 2.55. The van der Waals surface area contributed by atoms with Crippen LogP contribution >= 0.6 is 11.6 Å². The number of halogens is 2. The molecular weight excluding hydrogens is 559 g/mol. The van der Waals surface area contributed by atoms with E-state index in [1.807, 2.05) is 12.1 Å². The number of carbonyl (C=O) groups excluding carboxylic acids is 2. The Morgan fingerprint density at radius 1 is 1.10 bits per heavy atom. The molecule has 1 saturated heterocycles. The number of urea groups is 1. The van der Waals surface area contributed by atoms with E-state index >= 15 is 4.39 Å². The molecule has 0 spiro atoms. The highest BCUT2D eigenvalue weighted by atomic mass is 35.5. The summed E-state index contributed by atoms with van der Waals surface area (Å²) in [5.74, 6) is -0.313. The number of β-amino-alcohol motifs (C(OH)–C–C–N with tert-alkyl or cyclic N) is 1. The minimum Gasteiger partial charge on any atom is -0.388 e. The molecule has 1 aromatic carbocycles. The van der Waals surface area contributed by atoms with E-state index < -0.39 is 34.9 Å². The highest BCUT2D eigenvalue weighted by Crippen LogP contribution is 2.47. The van der Waals surface area contributed by atoms with E-state index in [0.717, 1.165) is 24.8 Å². The molecule has 3 aromatic rings. The van der Waals surface area contributed by atoms with Gasteiger partial charge in [0.25, 0.3) is 0 Å². The van der Waals surface area contributed by atoms with Gasteiger partial charge in [-0.15, -0.1) is 0 Å². The van der Waals surface area contributed by atoms with Crippen molar-refractivity contribution in [3.8, 4) is 0 Å². The van der Waals surface area contributed by atoms with Gasteiger partial charge in [0, 0.05) is 25.0 Å². The number of carbonyl (C=O) groups is 2. The monoisotopic (exact) mass is 592 g/mol. The van der Waals surface area contributed by atoms with Gasteiger partial charge in [0.2, 0.25) is 5.91 Å². The molecule has 1 aliphatic heterocycles. The molecule has 220 valence electrons. The number of aromatic nitrogens is 2. The molecule has 9 nitrogen and oxygen atoms in total. The molecule has 1 unspecified atom stereocenters. The number of anilines is 2. The average molecular weight is 593 g/mol. The van der Waals surface area contributed by atoms with Gasteiger partial charge in [-0.05, 0) is 85.0 Å². The van der Waals surface area contributed by atoms with E-state index in [4.69, 9.17) is 17.3 Å². The molecular formula is C31H34ClFN6O3. The lowest BCUT2D eigenvalue weighted by Gasteiger charge is -2.31. The number of amides is 3. The standard InChI is InChI=1S/C31H34ClFN6O3/c32-23-6-8-27(36-17-23)38-29(41)39-18-30(42,20-3-4-20)16-26(39)28(40)37-25-15-22(5-7-24(25)33)31(34,12-9-19-1-2-19)21-10-13-35-14-11-21/h5-8,10-11,13-15,17,19-20,26,42H,1-4,9,12,16,18,34H2,(H,37,40)(H,36,38,41)/t26-,30-,31?/m1/s1. The second-order valence-corrected chi connectivity index (χ2v) is 12.3. The van der Waals surface area contributed by atoms with Crippen LogP contribution in [0.5, 0.6) is 0 Å². The SMILES string of the molecule is NC(CCC1CC1)(c1ccncc1)c1ccc(F)c(NC(=O)[C@H]2C[C@](O)(C3CC3)CN2C(=O)Nc2ccc(Cl)cn2)c1. The summed E-state index contributed by atoms with van der Waals surface area (Å²) in [6.07, 6.45) is 10.4. The van der Waals surface area contributed by atoms with Crippen LogP contribution in [0.1, 0.15) is 56.1 Å². The lowest BCUT2D eigenvalue weighted by Crippen LogP contribution is -2.46. The molecule has 3 amide bonds. The van der Waals surface area contributed by atoms with E-state index in [1.165, 1.54) is 30.0 Å². The van der Waals surface area contributed by atoms with Gasteiger partial charge in [0.15, 0.2) is 0 Å². The normalized spacial score (nSPS) is 23.3. The molecule has 42 heavy (non-hydrogen) atoms. The summed E-state index contributed by atoms with van der Waals surface area (Å²) in [5, 5.41) is 17.1. The fourth-order valence-corrected chi connectivity index (χ4v) is 6.08.